The summed E-state index contributed by atoms with van der Waals surface area (Å²) in [6.45, 7) is 5.60. The zero-order chi connectivity index (χ0) is 25.6. The highest BCUT2D eigenvalue weighted by molar-refractivity contribution is 7.88. The van der Waals surface area contributed by atoms with E-state index in [1.807, 2.05) is 18.2 Å². The first-order valence-corrected chi connectivity index (χ1v) is 14.1. The van der Waals surface area contributed by atoms with E-state index in [1.165, 1.54) is 22.7 Å². The number of benzene rings is 1. The SMILES string of the molecule is CS(=O)(=O)N1CCN(c2cc(Cl)ccc2CN2CC3CN(C(=O)On4c(O)ccc4O)CC3C2)CC1. The minimum Gasteiger partial charge on any atom is -0.492 e. The number of aromatic nitrogens is 1. The summed E-state index contributed by atoms with van der Waals surface area (Å²) in [6.07, 6.45) is 0.637. The molecule has 5 rings (SSSR count). The van der Waals surface area contributed by atoms with Gasteiger partial charge in [0.15, 0.2) is 0 Å². The number of halogens is 1. The molecule has 0 aliphatic carbocycles. The molecule has 0 bridgehead atoms. The average molecular weight is 540 g/mol. The summed E-state index contributed by atoms with van der Waals surface area (Å²) >= 11 is 6.32. The highest BCUT2D eigenvalue weighted by Gasteiger charge is 2.42. The van der Waals surface area contributed by atoms with Crippen molar-refractivity contribution in [3.63, 3.8) is 0 Å². The minimum atomic E-state index is -3.20. The first kappa shape index (κ1) is 25.0. The van der Waals surface area contributed by atoms with Crippen molar-refractivity contribution in [2.75, 3.05) is 63.5 Å². The quantitative estimate of drug-likeness (QED) is 0.583. The van der Waals surface area contributed by atoms with Gasteiger partial charge < -0.3 is 24.9 Å². The Bertz CT molecular complexity index is 1210. The summed E-state index contributed by atoms with van der Waals surface area (Å²) < 4.78 is 26.0. The number of aromatic hydroxyl groups is 2. The summed E-state index contributed by atoms with van der Waals surface area (Å²) in [4.78, 5) is 23.9. The molecule has 11 nitrogen and oxygen atoms in total. The molecule has 196 valence electrons. The van der Waals surface area contributed by atoms with Crippen LogP contribution in [0.3, 0.4) is 0 Å². The minimum absolute atomic E-state index is 0.304. The van der Waals surface area contributed by atoms with Crippen molar-refractivity contribution >= 4 is 33.4 Å². The van der Waals surface area contributed by atoms with E-state index in [4.69, 9.17) is 16.4 Å². The Morgan fingerprint density at radius 2 is 1.61 bits per heavy atom. The highest BCUT2D eigenvalue weighted by Crippen LogP contribution is 2.34. The van der Waals surface area contributed by atoms with Gasteiger partial charge in [-0.25, -0.2) is 13.2 Å². The van der Waals surface area contributed by atoms with Crippen molar-refractivity contribution < 1.29 is 28.3 Å². The fraction of sp³-hybridized carbons (Fsp3) is 0.522. The molecule has 3 fully saturated rings. The lowest BCUT2D eigenvalue weighted by atomic mass is 10.0. The molecular weight excluding hydrogens is 510 g/mol. The second-order valence-corrected chi connectivity index (χ2v) is 12.2. The maximum absolute atomic E-state index is 12.5. The molecule has 3 aliphatic heterocycles. The Hall–Kier alpha value is -2.67. The number of sulfonamides is 1. The van der Waals surface area contributed by atoms with E-state index in [0.717, 1.165) is 30.9 Å². The van der Waals surface area contributed by atoms with Gasteiger partial charge in [0.05, 0.1) is 6.26 Å². The summed E-state index contributed by atoms with van der Waals surface area (Å²) in [5, 5.41) is 20.0. The van der Waals surface area contributed by atoms with E-state index in [0.29, 0.717) is 60.9 Å². The predicted molar refractivity (Wildman–Crippen MR) is 134 cm³/mol. The van der Waals surface area contributed by atoms with Gasteiger partial charge in [0.25, 0.3) is 0 Å². The summed E-state index contributed by atoms with van der Waals surface area (Å²) in [7, 11) is -3.20. The van der Waals surface area contributed by atoms with Gasteiger partial charge in [0.2, 0.25) is 21.8 Å². The summed E-state index contributed by atoms with van der Waals surface area (Å²) in [5.41, 5.74) is 2.17. The molecule has 36 heavy (non-hydrogen) atoms. The van der Waals surface area contributed by atoms with E-state index in [-0.39, 0.29) is 11.8 Å². The van der Waals surface area contributed by atoms with Gasteiger partial charge in [-0.3, -0.25) is 4.90 Å². The molecule has 2 aromatic rings. The Balaban J connectivity index is 1.19. The zero-order valence-corrected chi connectivity index (χ0v) is 21.5. The van der Waals surface area contributed by atoms with Crippen LogP contribution in [0.25, 0.3) is 0 Å². The van der Waals surface area contributed by atoms with Crippen LogP contribution in [-0.2, 0) is 16.6 Å². The van der Waals surface area contributed by atoms with E-state index in [9.17, 15) is 23.4 Å². The lowest BCUT2D eigenvalue weighted by Gasteiger charge is -2.36. The van der Waals surface area contributed by atoms with Crippen molar-refractivity contribution in [1.29, 1.82) is 0 Å². The van der Waals surface area contributed by atoms with Gasteiger partial charge in [0, 0.05) is 81.7 Å². The van der Waals surface area contributed by atoms with Crippen molar-refractivity contribution in [1.82, 2.24) is 18.8 Å². The maximum atomic E-state index is 12.5. The van der Waals surface area contributed by atoms with Gasteiger partial charge in [-0.05, 0) is 29.5 Å². The number of hydrogen-bond acceptors (Lipinski definition) is 8. The molecule has 13 heteroatoms. The normalized spacial score (nSPS) is 23.3. The maximum Gasteiger partial charge on any atom is 0.434 e. The molecular formula is C23H30ClN5O6S. The molecule has 3 saturated heterocycles. The molecule has 2 atom stereocenters. The number of piperazine rings is 1. The lowest BCUT2D eigenvalue weighted by Crippen LogP contribution is -2.48. The number of anilines is 1. The van der Waals surface area contributed by atoms with Crippen molar-refractivity contribution in [3.8, 4) is 11.8 Å². The van der Waals surface area contributed by atoms with Crippen LogP contribution in [0.5, 0.6) is 11.8 Å². The van der Waals surface area contributed by atoms with Crippen LogP contribution in [0.15, 0.2) is 30.3 Å². The number of amides is 1. The highest BCUT2D eigenvalue weighted by atomic mass is 35.5. The molecule has 0 radical (unpaired) electrons. The Morgan fingerprint density at radius 1 is 1.00 bits per heavy atom. The summed E-state index contributed by atoms with van der Waals surface area (Å²) in [6, 6.07) is 8.36. The molecule has 1 amide bonds. The number of carbonyl (C=O) groups is 1. The second kappa shape index (κ2) is 9.66. The second-order valence-electron chi connectivity index (χ2n) is 9.74. The first-order valence-electron chi connectivity index (χ1n) is 11.9. The van der Waals surface area contributed by atoms with Gasteiger partial charge in [0.1, 0.15) is 0 Å². The number of rotatable bonds is 5. The van der Waals surface area contributed by atoms with Gasteiger partial charge in [-0.15, -0.1) is 4.73 Å². The third-order valence-corrected chi connectivity index (χ3v) is 8.82. The van der Waals surface area contributed by atoms with E-state index in [2.05, 4.69) is 9.80 Å². The number of likely N-dealkylation sites (tertiary alicyclic amines) is 2. The topological polar surface area (TPSA) is 119 Å². The number of nitrogens with zero attached hydrogens (tertiary/aromatic N) is 5. The van der Waals surface area contributed by atoms with E-state index < -0.39 is 16.1 Å². The molecule has 1 aromatic heterocycles. The molecule has 1 aromatic carbocycles. The van der Waals surface area contributed by atoms with Crippen LogP contribution in [-0.4, -0.2) is 102 Å². The molecule has 2 N–H and O–H groups in total. The van der Waals surface area contributed by atoms with Crippen molar-refractivity contribution in [2.24, 2.45) is 11.8 Å². The smallest absolute Gasteiger partial charge is 0.434 e. The molecule has 0 spiro atoms. The molecule has 4 heterocycles. The summed E-state index contributed by atoms with van der Waals surface area (Å²) in [5.74, 6) is -0.0808. The van der Waals surface area contributed by atoms with E-state index in [1.54, 1.807) is 4.90 Å². The Kier molecular flexibility index (Phi) is 6.70. The molecule has 0 saturated carbocycles. The monoisotopic (exact) mass is 539 g/mol. The average Bonchev–Trinajstić information content (AvgIpc) is 3.49. The third kappa shape index (κ3) is 5.08. The Labute approximate surface area is 215 Å². The number of hydrogen-bond donors (Lipinski definition) is 2. The third-order valence-electron chi connectivity index (χ3n) is 7.28. The fourth-order valence-corrected chi connectivity index (χ4v) is 6.46. The van der Waals surface area contributed by atoms with E-state index >= 15 is 0 Å². The van der Waals surface area contributed by atoms with Crippen LogP contribution in [0.1, 0.15) is 5.56 Å². The number of carbonyl (C=O) groups excluding carboxylic acids is 1. The zero-order valence-electron chi connectivity index (χ0n) is 20.0. The Morgan fingerprint density at radius 3 is 2.19 bits per heavy atom. The van der Waals surface area contributed by atoms with Crippen molar-refractivity contribution in [2.45, 2.75) is 6.54 Å². The fourth-order valence-electron chi connectivity index (χ4n) is 5.47. The number of fused-ring (bicyclic) bond motifs is 1. The van der Waals surface area contributed by atoms with Crippen LogP contribution < -0.4 is 9.74 Å². The molecule has 3 aliphatic rings. The van der Waals surface area contributed by atoms with Crippen molar-refractivity contribution in [3.05, 3.63) is 40.9 Å². The van der Waals surface area contributed by atoms with Gasteiger partial charge in [-0.1, -0.05) is 17.7 Å². The van der Waals surface area contributed by atoms with Crippen LogP contribution in [0.2, 0.25) is 5.02 Å². The first-order chi connectivity index (χ1) is 17.1. The molecule has 2 unspecified atom stereocenters. The largest absolute Gasteiger partial charge is 0.492 e. The predicted octanol–water partition coefficient (Wildman–Crippen LogP) is 1.25. The standard InChI is InChI=1S/C23H30ClN5O6S/c1-36(33,34)28-8-6-26(7-9-28)20-10-19(24)3-2-16(20)11-25-12-17-14-27(15-18(17)13-25)23(32)35-29-21(30)4-5-22(29)31/h2-5,10,17-18,30-31H,6-9,11-15H2,1H3. The van der Waals surface area contributed by atoms with Crippen LogP contribution in [0.4, 0.5) is 10.5 Å². The lowest BCUT2D eigenvalue weighted by molar-refractivity contribution is 0.0774. The van der Waals surface area contributed by atoms with Crippen LogP contribution in [0, 0.1) is 11.8 Å². The van der Waals surface area contributed by atoms with Gasteiger partial charge in [-0.2, -0.15) is 4.31 Å². The van der Waals surface area contributed by atoms with Crippen LogP contribution >= 0.6 is 11.6 Å². The van der Waals surface area contributed by atoms with Gasteiger partial charge >= 0.3 is 6.09 Å².